The molecule has 0 bridgehead atoms. The number of hydrogen-bond donors (Lipinski definition) is 2. The number of fused-ring (bicyclic) bond motifs is 1. The van der Waals surface area contributed by atoms with Crippen LogP contribution in [-0.4, -0.2) is 46.1 Å². The third kappa shape index (κ3) is 4.81. The van der Waals surface area contributed by atoms with Crippen LogP contribution in [0.1, 0.15) is 11.1 Å². The van der Waals surface area contributed by atoms with E-state index in [0.29, 0.717) is 23.4 Å². The van der Waals surface area contributed by atoms with Crippen molar-refractivity contribution in [2.24, 2.45) is 14.1 Å². The van der Waals surface area contributed by atoms with Crippen molar-refractivity contribution in [3.8, 4) is 11.5 Å². The van der Waals surface area contributed by atoms with Gasteiger partial charge in [-0.05, 0) is 48.0 Å². The number of nitrogens with zero attached hydrogens (tertiary/aromatic N) is 5. The first-order valence-corrected chi connectivity index (χ1v) is 13.0. The zero-order valence-electron chi connectivity index (χ0n) is 21.2. The Balaban J connectivity index is 1.53. The Hall–Kier alpha value is -4.36. The molecule has 2 N–H and O–H groups in total. The lowest BCUT2D eigenvalue weighted by Gasteiger charge is -2.17. The number of hydrogen-bond acceptors (Lipinski definition) is 9. The van der Waals surface area contributed by atoms with E-state index in [2.05, 4.69) is 10.4 Å². The number of phenols is 1. The highest BCUT2D eigenvalue weighted by atomic mass is 32.2. The van der Waals surface area contributed by atoms with Crippen molar-refractivity contribution in [2.45, 2.75) is 13.0 Å². The topological polar surface area (TPSA) is 124 Å². The zero-order valence-corrected chi connectivity index (χ0v) is 22.9. The predicted octanol–water partition coefficient (Wildman–Crippen LogP) is 2.62. The van der Waals surface area contributed by atoms with E-state index in [1.165, 1.54) is 36.8 Å². The average Bonchev–Trinajstić information content (AvgIpc) is 3.43. The van der Waals surface area contributed by atoms with Crippen molar-refractivity contribution in [1.29, 1.82) is 0 Å². The first-order valence-electron chi connectivity index (χ1n) is 11.8. The lowest BCUT2D eigenvalue weighted by Crippen LogP contribution is -2.37. The van der Waals surface area contributed by atoms with E-state index >= 15 is 0 Å². The van der Waals surface area contributed by atoms with Gasteiger partial charge < -0.3 is 14.4 Å². The maximum atomic E-state index is 13.3. The minimum absolute atomic E-state index is 0.0150. The third-order valence-electron chi connectivity index (χ3n) is 6.32. The fourth-order valence-corrected chi connectivity index (χ4v) is 5.41. The van der Waals surface area contributed by atoms with Crippen LogP contribution < -0.4 is 21.4 Å². The number of methoxy groups -OCH3 is 1. The molecule has 1 amide bonds. The molecule has 2 aromatic carbocycles. The average molecular weight is 565 g/mol. The molecule has 39 heavy (non-hydrogen) atoms. The number of phenolic OH excluding ortho intramolecular Hbond substituents is 1. The molecule has 0 saturated carbocycles. The van der Waals surface area contributed by atoms with Crippen molar-refractivity contribution < 1.29 is 14.6 Å². The van der Waals surface area contributed by atoms with Crippen LogP contribution >= 0.6 is 24.0 Å². The molecule has 1 saturated heterocycles. The molecule has 5 rings (SSSR count). The molecule has 0 atom stereocenters. The number of rotatable bonds is 7. The maximum Gasteiger partial charge on any atom is 0.332 e. The third-order valence-corrected chi connectivity index (χ3v) is 7.62. The lowest BCUT2D eigenvalue weighted by molar-refractivity contribution is -0.121. The Morgan fingerprint density at radius 1 is 1.10 bits per heavy atom. The van der Waals surface area contributed by atoms with Crippen LogP contribution in [0.25, 0.3) is 17.2 Å². The summed E-state index contributed by atoms with van der Waals surface area (Å²) in [5.41, 5.74) is 4.08. The van der Waals surface area contributed by atoms with Gasteiger partial charge >= 0.3 is 5.69 Å². The summed E-state index contributed by atoms with van der Waals surface area (Å²) in [6.45, 7) is 0.355. The lowest BCUT2D eigenvalue weighted by atomic mass is 10.1. The molecule has 1 fully saturated rings. The molecule has 0 unspecified atom stereocenters. The minimum atomic E-state index is -0.510. The van der Waals surface area contributed by atoms with Gasteiger partial charge in [-0.15, -0.1) is 0 Å². The van der Waals surface area contributed by atoms with Gasteiger partial charge in [0.1, 0.15) is 0 Å². The second kappa shape index (κ2) is 10.4. The molecular formula is C26H24N6O5S2. The van der Waals surface area contributed by atoms with E-state index in [1.807, 2.05) is 30.3 Å². The Bertz CT molecular complexity index is 1770. The molecule has 1 aliphatic rings. The monoisotopic (exact) mass is 564 g/mol. The van der Waals surface area contributed by atoms with Gasteiger partial charge in [0.2, 0.25) is 5.95 Å². The van der Waals surface area contributed by atoms with E-state index in [9.17, 15) is 19.5 Å². The second-order valence-electron chi connectivity index (χ2n) is 8.76. The Labute approximate surface area is 231 Å². The highest BCUT2D eigenvalue weighted by Crippen LogP contribution is 2.34. The summed E-state index contributed by atoms with van der Waals surface area (Å²) < 4.78 is 9.37. The van der Waals surface area contributed by atoms with Crippen LogP contribution in [0.5, 0.6) is 11.5 Å². The van der Waals surface area contributed by atoms with Gasteiger partial charge in [0.25, 0.3) is 11.5 Å². The van der Waals surface area contributed by atoms with Gasteiger partial charge in [0.15, 0.2) is 27.0 Å². The fourth-order valence-electron chi connectivity index (χ4n) is 4.23. The number of carbonyl (C=O) groups is 1. The Morgan fingerprint density at radius 3 is 2.56 bits per heavy atom. The number of benzene rings is 2. The Kier molecular flexibility index (Phi) is 7.02. The fraction of sp³-hybridized carbons (Fsp3) is 0.192. The molecule has 13 heteroatoms. The molecular weight excluding hydrogens is 540 g/mol. The molecule has 0 radical (unpaired) electrons. The molecule has 200 valence electrons. The number of ether oxygens (including phenoxy) is 1. The van der Waals surface area contributed by atoms with Gasteiger partial charge in [-0.2, -0.15) is 9.99 Å². The summed E-state index contributed by atoms with van der Waals surface area (Å²) in [5.74, 6) is 0.0408. The largest absolute Gasteiger partial charge is 0.504 e. The number of aryl methyl sites for hydroxylation is 3. The quantitative estimate of drug-likeness (QED) is 0.258. The molecule has 4 aromatic rings. The number of aromatic hydroxyl groups is 1. The number of thiocarbonyl (C=S) groups is 1. The van der Waals surface area contributed by atoms with Crippen LogP contribution in [0.2, 0.25) is 0 Å². The van der Waals surface area contributed by atoms with E-state index in [-0.39, 0.29) is 32.9 Å². The van der Waals surface area contributed by atoms with Gasteiger partial charge in [-0.25, -0.2) is 4.79 Å². The standard InChI is InChI=1S/C26H24N6O5S2/c1-29-21-20(23(35)30(2)25(29)36)31(12-11-15-7-5-4-6-8-15)24(27-21)28-32-22(34)19(39-26(32)38)14-16-9-10-17(33)18(13-16)37-3/h4-10,13-14,33H,11-12H2,1-3H3,(H,27,28)/b19-14-. The van der Waals surface area contributed by atoms with Gasteiger partial charge in [0, 0.05) is 20.6 Å². The van der Waals surface area contributed by atoms with Crippen LogP contribution in [0, 0.1) is 0 Å². The number of hydrazine groups is 1. The van der Waals surface area contributed by atoms with Crippen molar-refractivity contribution >= 4 is 57.4 Å². The summed E-state index contributed by atoms with van der Waals surface area (Å²) in [6.07, 6.45) is 2.22. The molecule has 3 heterocycles. The number of carbonyl (C=O) groups excluding carboxylic acids is 1. The van der Waals surface area contributed by atoms with Gasteiger partial charge in [0.05, 0.1) is 12.0 Å². The van der Waals surface area contributed by atoms with Crippen molar-refractivity contribution in [3.63, 3.8) is 0 Å². The highest BCUT2D eigenvalue weighted by Gasteiger charge is 2.34. The summed E-state index contributed by atoms with van der Waals surface area (Å²) in [4.78, 5) is 43.9. The summed E-state index contributed by atoms with van der Waals surface area (Å²) >= 11 is 6.57. The van der Waals surface area contributed by atoms with Crippen molar-refractivity contribution in [2.75, 3.05) is 12.5 Å². The molecule has 11 nitrogen and oxygen atoms in total. The van der Waals surface area contributed by atoms with Crippen molar-refractivity contribution in [1.82, 2.24) is 23.7 Å². The molecule has 0 aliphatic carbocycles. The van der Waals surface area contributed by atoms with Crippen LogP contribution in [0.3, 0.4) is 0 Å². The number of imidazole rings is 1. The molecule has 2 aromatic heterocycles. The minimum Gasteiger partial charge on any atom is -0.504 e. The molecule has 1 aliphatic heterocycles. The summed E-state index contributed by atoms with van der Waals surface area (Å²) in [5, 5.41) is 11.0. The predicted molar refractivity (Wildman–Crippen MR) is 154 cm³/mol. The van der Waals surface area contributed by atoms with E-state index in [0.717, 1.165) is 21.9 Å². The first-order chi connectivity index (χ1) is 18.7. The Morgan fingerprint density at radius 2 is 1.85 bits per heavy atom. The zero-order chi connectivity index (χ0) is 27.8. The van der Waals surface area contributed by atoms with E-state index in [4.69, 9.17) is 17.0 Å². The van der Waals surface area contributed by atoms with Gasteiger partial charge in [-0.1, -0.05) is 48.2 Å². The summed E-state index contributed by atoms with van der Waals surface area (Å²) in [6, 6.07) is 14.5. The first kappa shape index (κ1) is 26.3. The number of thioether (sulfide) groups is 1. The maximum absolute atomic E-state index is 13.3. The van der Waals surface area contributed by atoms with E-state index in [1.54, 1.807) is 22.8 Å². The number of aromatic nitrogens is 4. The van der Waals surface area contributed by atoms with Crippen molar-refractivity contribution in [3.05, 3.63) is 85.4 Å². The van der Waals surface area contributed by atoms with Crippen LogP contribution in [0.4, 0.5) is 5.95 Å². The second-order valence-corrected chi connectivity index (χ2v) is 10.4. The number of anilines is 1. The number of nitrogens with one attached hydrogen (secondary N) is 1. The molecule has 0 spiro atoms. The van der Waals surface area contributed by atoms with Crippen LogP contribution in [-0.2, 0) is 31.9 Å². The normalized spacial score (nSPS) is 14.5. The van der Waals surface area contributed by atoms with Gasteiger partial charge in [-0.3, -0.25) is 24.1 Å². The number of amides is 1. The smallest absolute Gasteiger partial charge is 0.332 e. The van der Waals surface area contributed by atoms with E-state index < -0.39 is 17.2 Å². The highest BCUT2D eigenvalue weighted by molar-refractivity contribution is 8.26. The summed E-state index contributed by atoms with van der Waals surface area (Å²) in [7, 11) is 4.39. The SMILES string of the molecule is COc1cc(/C=C2\SC(=S)N(Nc3nc4c(c(=O)n(C)c(=O)n4C)n3CCc3ccccc3)C2=O)ccc1O. The van der Waals surface area contributed by atoms with Crippen LogP contribution in [0.15, 0.2) is 63.0 Å².